The molecule has 0 aliphatic rings. The van der Waals surface area contributed by atoms with E-state index in [0.717, 1.165) is 4.88 Å². The lowest BCUT2D eigenvalue weighted by Crippen LogP contribution is -1.83. The highest BCUT2D eigenvalue weighted by atomic mass is 32.1. The Morgan fingerprint density at radius 2 is 2.42 bits per heavy atom. The zero-order valence-electron chi connectivity index (χ0n) is 6.66. The number of ether oxygens (including phenoxy) is 1. The lowest BCUT2D eigenvalue weighted by atomic mass is 10.4. The van der Waals surface area contributed by atoms with Crippen LogP contribution in [0, 0.1) is 6.61 Å². The Morgan fingerprint density at radius 1 is 1.50 bits per heavy atom. The quantitative estimate of drug-likeness (QED) is 0.731. The van der Waals surface area contributed by atoms with Crippen LogP contribution in [0.4, 0.5) is 0 Å². The van der Waals surface area contributed by atoms with Gasteiger partial charge in [0.2, 0.25) is 0 Å². The molecule has 0 N–H and O–H groups in total. The van der Waals surface area contributed by atoms with Gasteiger partial charge in [0.1, 0.15) is 0 Å². The van der Waals surface area contributed by atoms with Crippen LogP contribution in [-0.4, -0.2) is 6.61 Å². The Hall–Kier alpha value is -0.380. The van der Waals surface area contributed by atoms with Crippen LogP contribution in [0.3, 0.4) is 0 Å². The summed E-state index contributed by atoms with van der Waals surface area (Å²) < 4.78 is 7.73. The zero-order valence-corrected chi connectivity index (χ0v) is 8.30. The third kappa shape index (κ3) is 1.53. The van der Waals surface area contributed by atoms with E-state index in [1.54, 1.807) is 22.7 Å². The predicted octanol–water partition coefficient (Wildman–Crippen LogP) is 3.39. The van der Waals surface area contributed by atoms with E-state index in [4.69, 9.17) is 4.74 Å². The van der Waals surface area contributed by atoms with Crippen LogP contribution in [0.2, 0.25) is 0 Å². The summed E-state index contributed by atoms with van der Waals surface area (Å²) in [5, 5.41) is 2.10. The van der Waals surface area contributed by atoms with Gasteiger partial charge in [0.15, 0.2) is 6.61 Å². The molecule has 0 fully saturated rings. The van der Waals surface area contributed by atoms with Crippen molar-refractivity contribution in [3.63, 3.8) is 0 Å². The van der Waals surface area contributed by atoms with Crippen LogP contribution in [0.25, 0.3) is 9.40 Å². The van der Waals surface area contributed by atoms with Gasteiger partial charge in [-0.25, -0.2) is 0 Å². The minimum atomic E-state index is 0.686. The van der Waals surface area contributed by atoms with E-state index < -0.39 is 0 Å². The fourth-order valence-electron chi connectivity index (χ4n) is 0.959. The maximum Gasteiger partial charge on any atom is 0.176 e. The summed E-state index contributed by atoms with van der Waals surface area (Å²) >= 11 is 3.47. The van der Waals surface area contributed by atoms with Crippen molar-refractivity contribution in [1.29, 1.82) is 0 Å². The first kappa shape index (κ1) is 8.23. The number of rotatable bonds is 3. The normalized spacial score (nSPS) is 11.1. The average molecular weight is 196 g/mol. The molecule has 2 rings (SSSR count). The Labute approximate surface area is 79.6 Å². The van der Waals surface area contributed by atoms with E-state index >= 15 is 0 Å². The van der Waals surface area contributed by atoms with Crippen molar-refractivity contribution in [2.45, 2.75) is 6.92 Å². The van der Waals surface area contributed by atoms with Crippen LogP contribution >= 0.6 is 22.7 Å². The van der Waals surface area contributed by atoms with Gasteiger partial charge in [-0.2, -0.15) is 0 Å². The summed E-state index contributed by atoms with van der Waals surface area (Å²) in [5.74, 6) is 0. The molecule has 1 nitrogen and oxygen atoms in total. The Balaban J connectivity index is 2.21. The van der Waals surface area contributed by atoms with Gasteiger partial charge in [0.25, 0.3) is 0 Å². The molecule has 2 heterocycles. The molecule has 2 aromatic heterocycles. The number of hydrogen-bond donors (Lipinski definition) is 0. The molecule has 0 bridgehead atoms. The molecule has 0 aliphatic heterocycles. The van der Waals surface area contributed by atoms with Gasteiger partial charge in [-0.15, -0.1) is 22.7 Å². The van der Waals surface area contributed by atoms with Crippen molar-refractivity contribution in [2.24, 2.45) is 0 Å². The number of hydrogen-bond acceptors (Lipinski definition) is 3. The molecule has 3 heteroatoms. The van der Waals surface area contributed by atoms with Gasteiger partial charge in [0.05, 0.1) is 0 Å². The van der Waals surface area contributed by atoms with Crippen LogP contribution in [-0.2, 0) is 4.74 Å². The topological polar surface area (TPSA) is 9.23 Å². The smallest absolute Gasteiger partial charge is 0.176 e. The molecule has 0 spiro atoms. The van der Waals surface area contributed by atoms with Crippen molar-refractivity contribution in [1.82, 2.24) is 0 Å². The molecule has 0 amide bonds. The van der Waals surface area contributed by atoms with Crippen molar-refractivity contribution in [3.05, 3.63) is 29.0 Å². The summed E-state index contributed by atoms with van der Waals surface area (Å²) in [6, 6.07) is 4.24. The van der Waals surface area contributed by atoms with Gasteiger partial charge in [-0.05, 0) is 24.4 Å². The first-order chi connectivity index (χ1) is 5.90. The van der Waals surface area contributed by atoms with Gasteiger partial charge in [-0.3, -0.25) is 0 Å². The predicted molar refractivity (Wildman–Crippen MR) is 53.7 cm³/mol. The van der Waals surface area contributed by atoms with E-state index in [1.807, 2.05) is 6.92 Å². The minimum Gasteiger partial charge on any atom is -0.363 e. The second-order valence-corrected chi connectivity index (χ2v) is 4.33. The molecular weight excluding hydrogens is 188 g/mol. The highest BCUT2D eigenvalue weighted by Crippen LogP contribution is 2.30. The monoisotopic (exact) mass is 196 g/mol. The third-order valence-electron chi connectivity index (χ3n) is 1.46. The van der Waals surface area contributed by atoms with Gasteiger partial charge >= 0.3 is 0 Å². The zero-order chi connectivity index (χ0) is 8.39. The summed E-state index contributed by atoms with van der Waals surface area (Å²) in [4.78, 5) is 1.08. The van der Waals surface area contributed by atoms with Gasteiger partial charge in [-0.1, -0.05) is 0 Å². The highest BCUT2D eigenvalue weighted by Gasteiger charge is 2.02. The molecule has 12 heavy (non-hydrogen) atoms. The molecule has 2 radical (unpaired) electrons. The fraction of sp³-hybridized carbons (Fsp3) is 0.222. The maximum atomic E-state index is 5.08. The van der Waals surface area contributed by atoms with Crippen molar-refractivity contribution >= 4 is 32.1 Å². The fourth-order valence-corrected chi connectivity index (χ4v) is 2.92. The molecule has 62 valence electrons. The van der Waals surface area contributed by atoms with Gasteiger partial charge < -0.3 is 4.74 Å². The summed E-state index contributed by atoms with van der Waals surface area (Å²) in [6.45, 7) is 5.54. The largest absolute Gasteiger partial charge is 0.363 e. The lowest BCUT2D eigenvalue weighted by Gasteiger charge is -1.91. The first-order valence-corrected chi connectivity index (χ1v) is 5.44. The first-order valence-electron chi connectivity index (χ1n) is 3.75. The Morgan fingerprint density at radius 3 is 3.17 bits per heavy atom. The van der Waals surface area contributed by atoms with E-state index in [-0.39, 0.29) is 0 Å². The second kappa shape index (κ2) is 3.56. The molecule has 0 saturated heterocycles. The molecule has 2 aromatic rings. The number of thiophene rings is 2. The average Bonchev–Trinajstić information content (AvgIpc) is 2.58. The van der Waals surface area contributed by atoms with Crippen molar-refractivity contribution in [3.8, 4) is 0 Å². The van der Waals surface area contributed by atoms with Crippen LogP contribution in [0.1, 0.15) is 11.8 Å². The molecule has 0 atom stereocenters. The minimum absolute atomic E-state index is 0.686. The second-order valence-electron chi connectivity index (χ2n) is 2.29. The summed E-state index contributed by atoms with van der Waals surface area (Å²) in [5.41, 5.74) is 0. The number of fused-ring (bicyclic) bond motifs is 1. The molecule has 0 aromatic carbocycles. The summed E-state index contributed by atoms with van der Waals surface area (Å²) in [6.07, 6.45) is 0. The molecule has 0 saturated carbocycles. The van der Waals surface area contributed by atoms with Crippen LogP contribution in [0.15, 0.2) is 17.5 Å². The van der Waals surface area contributed by atoms with E-state index in [1.165, 1.54) is 9.40 Å². The van der Waals surface area contributed by atoms with E-state index in [2.05, 4.69) is 24.1 Å². The van der Waals surface area contributed by atoms with Crippen LogP contribution < -0.4 is 0 Å². The SMILES string of the molecule is CCO[C]c1cc2sccc2s1. The summed E-state index contributed by atoms with van der Waals surface area (Å²) in [7, 11) is 0. The Kier molecular flexibility index (Phi) is 2.44. The highest BCUT2D eigenvalue weighted by molar-refractivity contribution is 7.27. The van der Waals surface area contributed by atoms with E-state index in [9.17, 15) is 0 Å². The lowest BCUT2D eigenvalue weighted by molar-refractivity contribution is 0.231. The standard InChI is InChI=1S/C9H8OS2/c1-2-10-6-7-5-9-8(12-7)3-4-11-9/h3-5H,2H2,1H3. The molecule has 0 unspecified atom stereocenters. The third-order valence-corrected chi connectivity index (χ3v) is 3.45. The van der Waals surface area contributed by atoms with Gasteiger partial charge in [0, 0.05) is 20.9 Å². The van der Waals surface area contributed by atoms with E-state index in [0.29, 0.717) is 6.61 Å². The Bertz CT molecular complexity index is 333. The van der Waals surface area contributed by atoms with Crippen molar-refractivity contribution < 1.29 is 4.74 Å². The van der Waals surface area contributed by atoms with Crippen molar-refractivity contribution in [2.75, 3.05) is 6.61 Å². The molecular formula is C9H8OS2. The van der Waals surface area contributed by atoms with Crippen LogP contribution in [0.5, 0.6) is 0 Å². The maximum absolute atomic E-state index is 5.08. The molecule has 0 aliphatic carbocycles.